The molecule has 0 aromatic heterocycles. The number of rotatable bonds is 8. The molecule has 5 nitrogen and oxygen atoms in total. The van der Waals surface area contributed by atoms with E-state index in [2.05, 4.69) is 10.1 Å². The van der Waals surface area contributed by atoms with Gasteiger partial charge in [-0.1, -0.05) is 13.3 Å². The zero-order valence-corrected chi connectivity index (χ0v) is 12.0. The molecule has 0 aromatic rings. The zero-order valence-electron chi connectivity index (χ0n) is 7.84. The molecule has 7 heteroatoms. The molecule has 1 atom stereocenters. The molecule has 0 amide bonds. The second-order valence-electron chi connectivity index (χ2n) is 2.24. The fourth-order valence-electron chi connectivity index (χ4n) is 0.498. The van der Waals surface area contributed by atoms with Crippen molar-refractivity contribution in [1.29, 1.82) is 0 Å². The summed E-state index contributed by atoms with van der Waals surface area (Å²) >= 11 is 0. The largest absolute Gasteiger partial charge is 0.335 e. The minimum Gasteiger partial charge on any atom is -0.329 e. The molecule has 78 valence electrons. The monoisotopic (exact) mass is 336 g/mol. The van der Waals surface area contributed by atoms with Crippen molar-refractivity contribution in [1.82, 2.24) is 5.48 Å². The fraction of sp³-hybridized carbons (Fsp3) is 1.00. The van der Waals surface area contributed by atoms with Crippen LogP contribution in [0.1, 0.15) is 19.8 Å². The van der Waals surface area contributed by atoms with Crippen LogP contribution in [0.5, 0.6) is 0 Å². The van der Waals surface area contributed by atoms with Crippen LogP contribution in [0.2, 0.25) is 0 Å². The van der Waals surface area contributed by atoms with Gasteiger partial charge in [0.15, 0.2) is 0 Å². The van der Waals surface area contributed by atoms with Gasteiger partial charge < -0.3 is 10.3 Å². The first-order valence-electron chi connectivity index (χ1n) is 4.07. The van der Waals surface area contributed by atoms with Crippen molar-refractivity contribution in [2.75, 3.05) is 19.7 Å². The van der Waals surface area contributed by atoms with Crippen LogP contribution in [0.15, 0.2) is 0 Å². The van der Waals surface area contributed by atoms with Gasteiger partial charge in [0.25, 0.3) is 0 Å². The summed E-state index contributed by atoms with van der Waals surface area (Å²) in [5, 5.41) is 0. The third-order valence-electron chi connectivity index (χ3n) is 1.12. The number of hydroxylamine groups is 1. The van der Waals surface area contributed by atoms with E-state index in [0.717, 1.165) is 12.8 Å². The van der Waals surface area contributed by atoms with Gasteiger partial charge in [-0.15, -0.1) is 0 Å². The Labute approximate surface area is 113 Å². The van der Waals surface area contributed by atoms with Gasteiger partial charge in [-0.2, -0.15) is 5.48 Å². The van der Waals surface area contributed by atoms with Crippen LogP contribution in [-0.2, 0) is 13.7 Å². The van der Waals surface area contributed by atoms with E-state index in [9.17, 15) is 4.57 Å². The summed E-state index contributed by atoms with van der Waals surface area (Å²) in [7, 11) is -2.35. The summed E-state index contributed by atoms with van der Waals surface area (Å²) in [5.41, 5.74) is 7.61. The SMILES string of the molecule is CCCCO[PH](=O)ONCCN.[Ce]. The van der Waals surface area contributed by atoms with Crippen LogP contribution in [0.4, 0.5) is 0 Å². The molecule has 0 bridgehead atoms. The number of nitrogens with two attached hydrogens (primary N) is 1. The van der Waals surface area contributed by atoms with E-state index in [1.54, 1.807) is 0 Å². The van der Waals surface area contributed by atoms with E-state index in [1.807, 2.05) is 6.92 Å². The molecule has 0 rings (SSSR count). The Morgan fingerprint density at radius 1 is 1.54 bits per heavy atom. The van der Waals surface area contributed by atoms with Crippen molar-refractivity contribution < 1.29 is 55.5 Å². The Morgan fingerprint density at radius 3 is 2.77 bits per heavy atom. The van der Waals surface area contributed by atoms with Gasteiger partial charge >= 0.3 is 8.25 Å². The first-order valence-corrected chi connectivity index (χ1v) is 5.30. The van der Waals surface area contributed by atoms with Gasteiger partial charge in [0, 0.05) is 54.8 Å². The quantitative estimate of drug-likeness (QED) is 0.387. The number of hydrogen-bond acceptors (Lipinski definition) is 5. The van der Waals surface area contributed by atoms with Gasteiger partial charge in [0.05, 0.1) is 6.61 Å². The van der Waals surface area contributed by atoms with Gasteiger partial charge in [-0.25, -0.2) is 4.62 Å². The maximum absolute atomic E-state index is 10.8. The molecular weight excluding hydrogens is 319 g/mol. The molecule has 0 fully saturated rings. The van der Waals surface area contributed by atoms with Crippen LogP contribution < -0.4 is 11.2 Å². The molecule has 0 saturated heterocycles. The van der Waals surface area contributed by atoms with Crippen LogP contribution >= 0.6 is 8.25 Å². The van der Waals surface area contributed by atoms with Crippen LogP contribution in [-0.4, -0.2) is 19.7 Å². The molecule has 0 spiro atoms. The standard InChI is InChI=1S/C6H17N2O3P.Ce/c1-2-3-6-10-12(9)11-8-5-4-7;/h8,12H,2-7H2,1H3;. The van der Waals surface area contributed by atoms with E-state index < -0.39 is 8.25 Å². The van der Waals surface area contributed by atoms with E-state index in [4.69, 9.17) is 10.3 Å². The number of hydrogen-bond donors (Lipinski definition) is 2. The zero-order chi connectivity index (χ0) is 9.23. The Morgan fingerprint density at radius 2 is 2.23 bits per heavy atom. The van der Waals surface area contributed by atoms with Crippen molar-refractivity contribution >= 4 is 8.25 Å². The first-order chi connectivity index (χ1) is 5.81. The fourth-order valence-corrected chi connectivity index (χ4v) is 1.09. The van der Waals surface area contributed by atoms with Crippen molar-refractivity contribution in [3.63, 3.8) is 0 Å². The first kappa shape index (κ1) is 16.9. The molecule has 0 radical (unpaired) electrons. The van der Waals surface area contributed by atoms with E-state index in [-0.39, 0.29) is 41.7 Å². The Bertz CT molecular complexity index is 116. The average molecular weight is 336 g/mol. The Balaban J connectivity index is 0. The maximum atomic E-state index is 10.8. The number of nitrogens with one attached hydrogen (secondary N) is 1. The predicted octanol–water partition coefficient (Wildman–Crippen LogP) is 0.673. The molecule has 1 unspecified atom stereocenters. The molecule has 0 aliphatic heterocycles. The molecule has 0 aromatic carbocycles. The second kappa shape index (κ2) is 13.4. The molecule has 3 N–H and O–H groups in total. The van der Waals surface area contributed by atoms with E-state index >= 15 is 0 Å². The summed E-state index contributed by atoms with van der Waals surface area (Å²) in [5.74, 6) is 0. The molecule has 13 heavy (non-hydrogen) atoms. The molecule has 0 heterocycles. The van der Waals surface area contributed by atoms with Crippen molar-refractivity contribution in [2.45, 2.75) is 19.8 Å². The molecule has 0 saturated carbocycles. The van der Waals surface area contributed by atoms with Crippen LogP contribution in [0.3, 0.4) is 0 Å². The smallest absolute Gasteiger partial charge is 0.329 e. The third kappa shape index (κ3) is 13.4. The Kier molecular flexibility index (Phi) is 17.4. The topological polar surface area (TPSA) is 73.6 Å². The summed E-state index contributed by atoms with van der Waals surface area (Å²) in [6.07, 6.45) is 1.92. The molecule has 0 aliphatic carbocycles. The van der Waals surface area contributed by atoms with Crippen molar-refractivity contribution in [2.24, 2.45) is 5.73 Å². The van der Waals surface area contributed by atoms with Gasteiger partial charge in [-0.05, 0) is 6.42 Å². The van der Waals surface area contributed by atoms with Gasteiger partial charge in [0.1, 0.15) is 0 Å². The summed E-state index contributed by atoms with van der Waals surface area (Å²) in [6, 6.07) is 0. The maximum Gasteiger partial charge on any atom is 0.335 e. The summed E-state index contributed by atoms with van der Waals surface area (Å²) in [6.45, 7) is 3.45. The normalized spacial score (nSPS) is 12.2. The second-order valence-corrected chi connectivity index (χ2v) is 3.23. The average Bonchev–Trinajstić information content (AvgIpc) is 2.06. The predicted molar refractivity (Wildman–Crippen MR) is 48.0 cm³/mol. The third-order valence-corrected chi connectivity index (χ3v) is 1.87. The van der Waals surface area contributed by atoms with Gasteiger partial charge in [0.2, 0.25) is 0 Å². The van der Waals surface area contributed by atoms with E-state index in [1.165, 1.54) is 0 Å². The summed E-state index contributed by atoms with van der Waals surface area (Å²) < 4.78 is 20.3. The Hall–Kier alpha value is 1.45. The van der Waals surface area contributed by atoms with E-state index in [0.29, 0.717) is 19.7 Å². The van der Waals surface area contributed by atoms with Crippen molar-refractivity contribution in [3.05, 3.63) is 0 Å². The van der Waals surface area contributed by atoms with Crippen LogP contribution in [0, 0.1) is 41.7 Å². The summed E-state index contributed by atoms with van der Waals surface area (Å²) in [4.78, 5) is 0. The minimum absolute atomic E-state index is 0. The van der Waals surface area contributed by atoms with Gasteiger partial charge in [-0.3, -0.25) is 4.57 Å². The molecule has 0 aliphatic rings. The molecular formula is C6H17CeN2O3P. The van der Waals surface area contributed by atoms with Crippen LogP contribution in [0.25, 0.3) is 0 Å². The number of unbranched alkanes of at least 4 members (excludes halogenated alkanes) is 1. The minimum atomic E-state index is -2.35. The van der Waals surface area contributed by atoms with Crippen molar-refractivity contribution in [3.8, 4) is 0 Å².